The third-order valence-electron chi connectivity index (χ3n) is 6.11. The highest BCUT2D eigenvalue weighted by molar-refractivity contribution is 5.87. The molecule has 0 bridgehead atoms. The Bertz CT molecular complexity index is 959. The van der Waals surface area contributed by atoms with Gasteiger partial charge in [0.05, 0.1) is 26.1 Å². The monoisotopic (exact) mass is 486 g/mol. The number of anilines is 1. The molecule has 192 valence electrons. The van der Waals surface area contributed by atoms with Crippen molar-refractivity contribution in [3.8, 4) is 11.5 Å². The Balaban J connectivity index is 1.75. The second-order valence-electron chi connectivity index (χ2n) is 9.25. The van der Waals surface area contributed by atoms with Gasteiger partial charge in [-0.1, -0.05) is 32.6 Å². The van der Waals surface area contributed by atoms with E-state index in [2.05, 4.69) is 11.9 Å². The maximum absolute atomic E-state index is 13.8. The van der Waals surface area contributed by atoms with Crippen molar-refractivity contribution in [1.29, 1.82) is 0 Å². The van der Waals surface area contributed by atoms with Gasteiger partial charge in [-0.05, 0) is 44.5 Å². The van der Waals surface area contributed by atoms with Crippen molar-refractivity contribution >= 4 is 17.7 Å². The first kappa shape index (κ1) is 26.4. The molecule has 0 aliphatic carbocycles. The largest absolute Gasteiger partial charge is 0.491 e. The summed E-state index contributed by atoms with van der Waals surface area (Å²) in [4.78, 5) is 32.1. The third kappa shape index (κ3) is 7.13. The van der Waals surface area contributed by atoms with E-state index in [9.17, 15) is 9.59 Å². The van der Waals surface area contributed by atoms with Crippen molar-refractivity contribution in [2.24, 2.45) is 0 Å². The highest BCUT2D eigenvalue weighted by atomic mass is 16.5. The van der Waals surface area contributed by atoms with Gasteiger partial charge in [0.2, 0.25) is 5.91 Å². The minimum absolute atomic E-state index is 0.0813. The molecule has 9 heteroatoms. The zero-order chi connectivity index (χ0) is 25.4. The summed E-state index contributed by atoms with van der Waals surface area (Å²) in [6.07, 6.45) is 8.13. The van der Waals surface area contributed by atoms with Gasteiger partial charge in [-0.2, -0.15) is 0 Å². The van der Waals surface area contributed by atoms with Crippen LogP contribution in [0.2, 0.25) is 0 Å². The number of esters is 1. The zero-order valence-electron chi connectivity index (χ0n) is 21.2. The van der Waals surface area contributed by atoms with Crippen LogP contribution >= 0.6 is 0 Å². The predicted octanol–water partition coefficient (Wildman–Crippen LogP) is 3.99. The molecule has 3 atom stereocenters. The topological polar surface area (TPSA) is 109 Å². The first-order chi connectivity index (χ1) is 16.8. The number of likely N-dealkylation sites (tertiary alicyclic amines) is 1. The van der Waals surface area contributed by atoms with Crippen molar-refractivity contribution in [2.45, 2.75) is 83.6 Å². The fraction of sp³-hybridized carbons (Fsp3) is 0.577. The number of nitrogens with two attached hydrogens (primary N) is 1. The second kappa shape index (κ2) is 12.5. The van der Waals surface area contributed by atoms with Gasteiger partial charge in [0, 0.05) is 12.6 Å². The van der Waals surface area contributed by atoms with Gasteiger partial charge in [-0.15, -0.1) is 0 Å². The summed E-state index contributed by atoms with van der Waals surface area (Å²) in [5, 5.41) is 0. The lowest BCUT2D eigenvalue weighted by Crippen LogP contribution is -2.44. The molecular weight excluding hydrogens is 448 g/mol. The van der Waals surface area contributed by atoms with Crippen LogP contribution in [-0.4, -0.2) is 58.2 Å². The van der Waals surface area contributed by atoms with Gasteiger partial charge >= 0.3 is 5.97 Å². The fourth-order valence-corrected chi connectivity index (χ4v) is 4.43. The normalized spacial score (nSPS) is 18.5. The lowest BCUT2D eigenvalue weighted by atomic mass is 10.1. The second-order valence-corrected chi connectivity index (χ2v) is 9.25. The predicted molar refractivity (Wildman–Crippen MR) is 133 cm³/mol. The van der Waals surface area contributed by atoms with Crippen LogP contribution < -0.4 is 15.2 Å². The number of hydrogen-bond acceptors (Lipinski definition) is 7. The molecule has 1 fully saturated rings. The first-order valence-corrected chi connectivity index (χ1v) is 12.4. The van der Waals surface area contributed by atoms with Gasteiger partial charge in [-0.3, -0.25) is 4.79 Å². The molecule has 1 aromatic carbocycles. The third-order valence-corrected chi connectivity index (χ3v) is 6.11. The van der Waals surface area contributed by atoms with Gasteiger partial charge in [0.15, 0.2) is 0 Å². The van der Waals surface area contributed by atoms with Gasteiger partial charge in [0.1, 0.15) is 35.5 Å². The molecule has 1 amide bonds. The van der Waals surface area contributed by atoms with E-state index in [1.54, 1.807) is 22.0 Å². The van der Waals surface area contributed by atoms with Crippen molar-refractivity contribution < 1.29 is 23.8 Å². The summed E-state index contributed by atoms with van der Waals surface area (Å²) in [6.45, 7) is 6.38. The highest BCUT2D eigenvalue weighted by Gasteiger charge is 2.43. The summed E-state index contributed by atoms with van der Waals surface area (Å²) in [7, 11) is 1.34. The molecule has 0 spiro atoms. The van der Waals surface area contributed by atoms with Crippen molar-refractivity contribution in [3.63, 3.8) is 0 Å². The summed E-state index contributed by atoms with van der Waals surface area (Å²) in [5.74, 6) is 1.17. The van der Waals surface area contributed by atoms with Crippen LogP contribution in [0.1, 0.15) is 65.3 Å². The number of aromatic nitrogens is 2. The summed E-state index contributed by atoms with van der Waals surface area (Å²) >= 11 is 0. The van der Waals surface area contributed by atoms with E-state index in [-0.39, 0.29) is 18.1 Å². The number of imidazole rings is 1. The van der Waals surface area contributed by atoms with E-state index in [1.165, 1.54) is 7.11 Å². The van der Waals surface area contributed by atoms with Crippen LogP contribution in [0, 0.1) is 0 Å². The van der Waals surface area contributed by atoms with E-state index in [1.807, 2.05) is 38.1 Å². The molecular formula is C26H38N4O5. The number of ether oxygens (including phenoxy) is 3. The highest BCUT2D eigenvalue weighted by Crippen LogP contribution is 2.29. The molecule has 1 saturated heterocycles. The Morgan fingerprint density at radius 1 is 1.14 bits per heavy atom. The van der Waals surface area contributed by atoms with E-state index in [0.29, 0.717) is 31.0 Å². The number of amides is 1. The number of benzene rings is 1. The molecule has 35 heavy (non-hydrogen) atoms. The Hall–Kier alpha value is -3.23. The van der Waals surface area contributed by atoms with Crippen LogP contribution in [0.4, 0.5) is 5.82 Å². The van der Waals surface area contributed by atoms with Crippen LogP contribution in [0.3, 0.4) is 0 Å². The smallest absolute Gasteiger partial charge is 0.328 e. The van der Waals surface area contributed by atoms with Crippen LogP contribution in [0.15, 0.2) is 36.8 Å². The molecule has 1 aromatic heterocycles. The Labute approximate surface area is 207 Å². The van der Waals surface area contributed by atoms with Crippen LogP contribution in [0.25, 0.3) is 0 Å². The number of carbonyl (C=O) groups is 2. The average molecular weight is 487 g/mol. The van der Waals surface area contributed by atoms with Gasteiger partial charge in [0.25, 0.3) is 0 Å². The van der Waals surface area contributed by atoms with Gasteiger partial charge < -0.3 is 29.4 Å². The summed E-state index contributed by atoms with van der Waals surface area (Å²) < 4.78 is 18.6. The van der Waals surface area contributed by atoms with E-state index < -0.39 is 18.1 Å². The van der Waals surface area contributed by atoms with E-state index >= 15 is 0 Å². The standard InChI is InChI=1S/C26H38N4O5/c1-5-6-7-8-9-22(29-16-24(27)28-17-29)25(31)30-15-21(14-23(30)26(32)33-4)35-20-12-10-19(11-13-20)34-18(2)3/h10-13,16-18,21-23H,5-9,14-15,27H2,1-4H3/t21-,22+,23-/m0/s1. The molecule has 3 rings (SSSR count). The Kier molecular flexibility index (Phi) is 9.39. The lowest BCUT2D eigenvalue weighted by Gasteiger charge is -2.28. The van der Waals surface area contributed by atoms with Gasteiger partial charge in [-0.25, -0.2) is 9.78 Å². The summed E-state index contributed by atoms with van der Waals surface area (Å²) in [6, 6.07) is 6.16. The van der Waals surface area contributed by atoms with E-state index in [4.69, 9.17) is 19.9 Å². The molecule has 0 radical (unpaired) electrons. The minimum Gasteiger partial charge on any atom is -0.491 e. The number of nitrogens with zero attached hydrogens (tertiary/aromatic N) is 3. The van der Waals surface area contributed by atoms with Crippen molar-refractivity contribution in [2.75, 3.05) is 19.4 Å². The summed E-state index contributed by atoms with van der Waals surface area (Å²) in [5.41, 5.74) is 5.83. The molecule has 9 nitrogen and oxygen atoms in total. The Morgan fingerprint density at radius 3 is 2.46 bits per heavy atom. The molecule has 0 saturated carbocycles. The fourth-order valence-electron chi connectivity index (χ4n) is 4.43. The molecule has 2 heterocycles. The molecule has 1 aliphatic heterocycles. The Morgan fingerprint density at radius 2 is 1.86 bits per heavy atom. The molecule has 2 aromatic rings. The van der Waals surface area contributed by atoms with Crippen LogP contribution in [0.5, 0.6) is 11.5 Å². The zero-order valence-corrected chi connectivity index (χ0v) is 21.2. The maximum atomic E-state index is 13.8. The average Bonchev–Trinajstić information content (AvgIpc) is 3.45. The molecule has 0 unspecified atom stereocenters. The lowest BCUT2D eigenvalue weighted by molar-refractivity contribution is -0.152. The number of methoxy groups -OCH3 is 1. The number of nitrogen functional groups attached to an aromatic ring is 1. The number of hydrogen-bond donors (Lipinski definition) is 1. The van der Waals surface area contributed by atoms with Crippen molar-refractivity contribution in [3.05, 3.63) is 36.8 Å². The number of rotatable bonds is 12. The first-order valence-electron chi connectivity index (χ1n) is 12.4. The van der Waals surface area contributed by atoms with Crippen LogP contribution in [-0.2, 0) is 14.3 Å². The maximum Gasteiger partial charge on any atom is 0.328 e. The molecule has 2 N–H and O–H groups in total. The van der Waals surface area contributed by atoms with E-state index in [0.717, 1.165) is 31.4 Å². The number of carbonyl (C=O) groups excluding carboxylic acids is 2. The molecule has 1 aliphatic rings. The number of unbranched alkanes of at least 4 members (excludes halogenated alkanes) is 3. The quantitative estimate of drug-likeness (QED) is 0.357. The van der Waals surface area contributed by atoms with Crippen molar-refractivity contribution in [1.82, 2.24) is 14.5 Å². The minimum atomic E-state index is -0.708. The SMILES string of the molecule is CCCCCC[C@H](C(=O)N1C[C@@H](Oc2ccc(OC(C)C)cc2)C[C@H]1C(=O)OC)n1cnc(N)c1.